The molecule has 1 rings (SSSR count). The maximum atomic E-state index is 12.8. The van der Waals surface area contributed by atoms with E-state index in [-0.39, 0.29) is 12.8 Å². The fraction of sp³-hybridized carbons (Fsp3) is 0.778. The van der Waals surface area contributed by atoms with Gasteiger partial charge in [-0.3, -0.25) is 0 Å². The molecule has 0 aromatic rings. The number of hydrogen-bond donors (Lipinski definition) is 0. The first kappa shape index (κ1) is 9.65. The summed E-state index contributed by atoms with van der Waals surface area (Å²) in [6.07, 6.45) is 3.14. The maximum absolute atomic E-state index is 12.8. The van der Waals surface area contributed by atoms with Crippen LogP contribution >= 0.6 is 0 Å². The molecule has 0 aromatic heterocycles. The van der Waals surface area contributed by atoms with Gasteiger partial charge in [0.2, 0.25) is 0 Å². The fourth-order valence-electron chi connectivity index (χ4n) is 1.46. The van der Waals surface area contributed by atoms with E-state index in [0.29, 0.717) is 13.0 Å². The Morgan fingerprint density at radius 2 is 2.33 bits per heavy atom. The van der Waals surface area contributed by atoms with Gasteiger partial charge in [-0.05, 0) is 12.8 Å². The van der Waals surface area contributed by atoms with Crippen LogP contribution in [-0.4, -0.2) is 19.6 Å². The van der Waals surface area contributed by atoms with E-state index in [9.17, 15) is 8.78 Å². The quantitative estimate of drug-likeness (QED) is 0.588. The van der Waals surface area contributed by atoms with Crippen LogP contribution in [0.25, 0.3) is 0 Å². The molecule has 1 saturated carbocycles. The molecule has 0 heterocycles. The van der Waals surface area contributed by atoms with Gasteiger partial charge in [-0.15, -0.1) is 0 Å². The van der Waals surface area contributed by atoms with Crippen LogP contribution in [0.5, 0.6) is 0 Å². The lowest BCUT2D eigenvalue weighted by Gasteiger charge is -2.23. The van der Waals surface area contributed by atoms with Gasteiger partial charge in [-0.2, -0.15) is 0 Å². The molecule has 0 amide bonds. The monoisotopic (exact) mass is 176 g/mol. The third kappa shape index (κ3) is 2.89. The van der Waals surface area contributed by atoms with Crippen LogP contribution in [-0.2, 0) is 4.74 Å². The van der Waals surface area contributed by atoms with Crippen molar-refractivity contribution in [1.82, 2.24) is 0 Å². The summed E-state index contributed by atoms with van der Waals surface area (Å²) >= 11 is 0. The zero-order chi connectivity index (χ0) is 9.03. The smallest absolute Gasteiger partial charge is 0.251 e. The molecule has 0 bridgehead atoms. The van der Waals surface area contributed by atoms with E-state index < -0.39 is 5.92 Å². The first-order valence-electron chi connectivity index (χ1n) is 4.19. The molecule has 0 N–H and O–H groups in total. The Kier molecular flexibility index (Phi) is 3.20. The lowest BCUT2D eigenvalue weighted by Crippen LogP contribution is -2.21. The minimum atomic E-state index is -2.47. The number of allylic oxidation sites excluding steroid dienone is 1. The molecule has 1 nitrogen and oxygen atoms in total. The van der Waals surface area contributed by atoms with Crippen LogP contribution in [0.1, 0.15) is 25.7 Å². The standard InChI is InChI=1S/C9H14F2O/c1-12-6-4-8-3-2-5-9(10,11)7-8/h4H,2-3,5-7H2,1H3/b8-4-. The van der Waals surface area contributed by atoms with Gasteiger partial charge in [-0.25, -0.2) is 8.78 Å². The van der Waals surface area contributed by atoms with Gasteiger partial charge in [0.25, 0.3) is 5.92 Å². The highest BCUT2D eigenvalue weighted by atomic mass is 19.3. The zero-order valence-electron chi connectivity index (χ0n) is 7.28. The molecular formula is C9H14F2O. The van der Waals surface area contributed by atoms with E-state index in [1.807, 2.05) is 0 Å². The van der Waals surface area contributed by atoms with Crippen LogP contribution in [0, 0.1) is 0 Å². The minimum absolute atomic E-state index is 0.0390. The number of alkyl halides is 2. The molecular weight excluding hydrogens is 162 g/mol. The molecule has 0 unspecified atom stereocenters. The van der Waals surface area contributed by atoms with Crippen molar-refractivity contribution in [2.45, 2.75) is 31.6 Å². The lowest BCUT2D eigenvalue weighted by molar-refractivity contribution is -0.0188. The molecule has 0 aliphatic heterocycles. The first-order chi connectivity index (χ1) is 5.64. The highest BCUT2D eigenvalue weighted by Gasteiger charge is 2.32. The van der Waals surface area contributed by atoms with Crippen LogP contribution < -0.4 is 0 Å². The van der Waals surface area contributed by atoms with Crippen molar-refractivity contribution in [2.75, 3.05) is 13.7 Å². The predicted octanol–water partition coefficient (Wildman–Crippen LogP) is 2.77. The third-order valence-electron chi connectivity index (χ3n) is 2.06. The number of methoxy groups -OCH3 is 1. The Morgan fingerprint density at radius 3 is 2.92 bits per heavy atom. The van der Waals surface area contributed by atoms with Crippen LogP contribution in [0.4, 0.5) is 8.78 Å². The topological polar surface area (TPSA) is 9.23 Å². The van der Waals surface area contributed by atoms with E-state index in [1.165, 1.54) is 0 Å². The van der Waals surface area contributed by atoms with Crippen molar-refractivity contribution < 1.29 is 13.5 Å². The molecule has 70 valence electrons. The first-order valence-corrected chi connectivity index (χ1v) is 4.19. The van der Waals surface area contributed by atoms with Gasteiger partial charge in [0.05, 0.1) is 6.61 Å². The second-order valence-electron chi connectivity index (χ2n) is 3.20. The average Bonchev–Trinajstić information content (AvgIpc) is 1.99. The zero-order valence-corrected chi connectivity index (χ0v) is 7.28. The Morgan fingerprint density at radius 1 is 1.58 bits per heavy atom. The highest BCUT2D eigenvalue weighted by Crippen LogP contribution is 2.35. The summed E-state index contributed by atoms with van der Waals surface area (Å²) in [5.74, 6) is -2.47. The summed E-state index contributed by atoms with van der Waals surface area (Å²) in [5, 5.41) is 0. The highest BCUT2D eigenvalue weighted by molar-refractivity contribution is 5.08. The maximum Gasteiger partial charge on any atom is 0.251 e. The molecule has 12 heavy (non-hydrogen) atoms. The van der Waals surface area contributed by atoms with Crippen molar-refractivity contribution in [2.24, 2.45) is 0 Å². The number of halogens is 2. The number of ether oxygens (including phenoxy) is 1. The summed E-state index contributed by atoms with van der Waals surface area (Å²) in [6, 6.07) is 0. The van der Waals surface area contributed by atoms with E-state index in [4.69, 9.17) is 4.74 Å². The molecule has 0 aromatic carbocycles. The SMILES string of the molecule is COC/C=C1/CCCC(F)(F)C1. The Balaban J connectivity index is 2.46. The van der Waals surface area contributed by atoms with Crippen LogP contribution in [0.3, 0.4) is 0 Å². The van der Waals surface area contributed by atoms with Gasteiger partial charge in [0.15, 0.2) is 0 Å². The van der Waals surface area contributed by atoms with Crippen molar-refractivity contribution in [3.63, 3.8) is 0 Å². The van der Waals surface area contributed by atoms with Gasteiger partial charge in [0, 0.05) is 20.0 Å². The second kappa shape index (κ2) is 3.99. The fourth-order valence-corrected chi connectivity index (χ4v) is 1.46. The van der Waals surface area contributed by atoms with Gasteiger partial charge < -0.3 is 4.74 Å². The Bertz CT molecular complexity index is 175. The second-order valence-corrected chi connectivity index (χ2v) is 3.20. The molecule has 3 heteroatoms. The lowest BCUT2D eigenvalue weighted by atomic mass is 9.91. The van der Waals surface area contributed by atoms with E-state index in [2.05, 4.69) is 0 Å². The normalized spacial score (nSPS) is 26.1. The summed E-state index contributed by atoms with van der Waals surface area (Å²) < 4.78 is 30.4. The van der Waals surface area contributed by atoms with Crippen LogP contribution in [0.2, 0.25) is 0 Å². The van der Waals surface area contributed by atoms with Gasteiger partial charge in [-0.1, -0.05) is 11.6 Å². The van der Waals surface area contributed by atoms with Crippen molar-refractivity contribution in [1.29, 1.82) is 0 Å². The number of hydrogen-bond acceptors (Lipinski definition) is 1. The Labute approximate surface area is 71.4 Å². The summed E-state index contributed by atoms with van der Waals surface area (Å²) in [7, 11) is 1.57. The van der Waals surface area contributed by atoms with Crippen molar-refractivity contribution >= 4 is 0 Å². The summed E-state index contributed by atoms with van der Waals surface area (Å²) in [5.41, 5.74) is 0.841. The molecule has 0 saturated heterocycles. The van der Waals surface area contributed by atoms with Crippen LogP contribution in [0.15, 0.2) is 11.6 Å². The predicted molar refractivity (Wildman–Crippen MR) is 43.4 cm³/mol. The molecule has 1 fully saturated rings. The average molecular weight is 176 g/mol. The summed E-state index contributed by atoms with van der Waals surface area (Å²) in [6.45, 7) is 0.450. The largest absolute Gasteiger partial charge is 0.381 e. The van der Waals surface area contributed by atoms with Crippen molar-refractivity contribution in [3.8, 4) is 0 Å². The summed E-state index contributed by atoms with van der Waals surface area (Å²) in [4.78, 5) is 0. The molecule has 0 atom stereocenters. The number of rotatable bonds is 2. The Hall–Kier alpha value is -0.440. The molecule has 1 aliphatic rings. The van der Waals surface area contributed by atoms with E-state index in [0.717, 1.165) is 12.0 Å². The van der Waals surface area contributed by atoms with Gasteiger partial charge in [0.1, 0.15) is 0 Å². The molecule has 1 aliphatic carbocycles. The molecule has 0 radical (unpaired) electrons. The van der Waals surface area contributed by atoms with E-state index in [1.54, 1.807) is 13.2 Å². The minimum Gasteiger partial charge on any atom is -0.381 e. The van der Waals surface area contributed by atoms with E-state index >= 15 is 0 Å². The van der Waals surface area contributed by atoms with Crippen molar-refractivity contribution in [3.05, 3.63) is 11.6 Å². The third-order valence-corrected chi connectivity index (χ3v) is 2.06. The molecule has 0 spiro atoms. The van der Waals surface area contributed by atoms with Gasteiger partial charge >= 0.3 is 0 Å².